The van der Waals surface area contributed by atoms with E-state index in [1.807, 2.05) is 6.07 Å². The first kappa shape index (κ1) is 23.1. The normalized spacial score (nSPS) is 13.7. The van der Waals surface area contributed by atoms with Crippen molar-refractivity contribution < 1.29 is 9.53 Å². The molecule has 1 heterocycles. The lowest BCUT2D eigenvalue weighted by molar-refractivity contribution is 0.100. The first-order chi connectivity index (χ1) is 12.3. The van der Waals surface area contributed by atoms with E-state index < -0.39 is 5.91 Å². The van der Waals surface area contributed by atoms with Crippen LogP contribution in [-0.4, -0.2) is 30.5 Å². The van der Waals surface area contributed by atoms with Gasteiger partial charge in [0.05, 0.1) is 12.3 Å². The molecule has 7 heteroatoms. The number of fused-ring (bicyclic) bond motifs is 1. The summed E-state index contributed by atoms with van der Waals surface area (Å²) in [7, 11) is 0. The minimum absolute atomic E-state index is 0. The highest BCUT2D eigenvalue weighted by atomic mass is 35.5. The van der Waals surface area contributed by atoms with E-state index in [9.17, 15) is 9.70 Å². The zero-order chi connectivity index (χ0) is 19.3. The number of nitroso groups, excluding NO2 is 1. The van der Waals surface area contributed by atoms with Crippen LogP contribution < -0.4 is 5.73 Å². The van der Waals surface area contributed by atoms with Gasteiger partial charge in [0.25, 0.3) is 0 Å². The third-order valence-electron chi connectivity index (χ3n) is 4.29. The van der Waals surface area contributed by atoms with Gasteiger partial charge in [-0.2, -0.15) is 0 Å². The van der Waals surface area contributed by atoms with Crippen LogP contribution in [0.5, 0.6) is 0 Å². The number of carbonyl (C=O) groups excluding carboxylic acids is 1. The molecule has 2 rings (SSSR count). The summed E-state index contributed by atoms with van der Waals surface area (Å²) in [5.74, 6) is -0.0564. The summed E-state index contributed by atoms with van der Waals surface area (Å²) in [4.78, 5) is 24.6. The maximum Gasteiger partial charge on any atom is 0.316 e. The Morgan fingerprint density at radius 2 is 2.04 bits per heavy atom. The Kier molecular flexibility index (Phi) is 8.44. The Hall–Kier alpha value is -1.92. The lowest BCUT2D eigenvalue weighted by Gasteiger charge is -2.38. The van der Waals surface area contributed by atoms with Crippen molar-refractivity contribution in [3.8, 4) is 0 Å². The van der Waals surface area contributed by atoms with Crippen molar-refractivity contribution in [3.63, 3.8) is 0 Å². The van der Waals surface area contributed by atoms with Gasteiger partial charge in [0.1, 0.15) is 5.76 Å². The number of nitrogens with two attached hydrogens (primary N) is 1. The molecular weight excluding hydrogens is 366 g/mol. The van der Waals surface area contributed by atoms with Gasteiger partial charge in [-0.15, -0.1) is 17.3 Å². The smallest absolute Gasteiger partial charge is 0.316 e. The van der Waals surface area contributed by atoms with Crippen LogP contribution in [0.2, 0.25) is 0 Å². The molecular formula is C20H30ClN3O3. The second-order valence-electron chi connectivity index (χ2n) is 7.87. The van der Waals surface area contributed by atoms with Gasteiger partial charge in [0.15, 0.2) is 0 Å². The van der Waals surface area contributed by atoms with Crippen LogP contribution in [0.4, 0.5) is 0 Å². The number of carbonyl (C=O) groups is 1. The number of rotatable bonds is 7. The summed E-state index contributed by atoms with van der Waals surface area (Å²) < 4.78 is 6.10. The standard InChI is InChI=1S/C20H29N3O3.ClH/c1-5-6-9-26-18-16-10-14(19(24)22-25)7-8-15(16)12-23(17(18)11-21)13-20(2,3)4;/h7-8,10H,5-6,9,11-13,21H2,1-4H3;1H. The van der Waals surface area contributed by atoms with Gasteiger partial charge in [-0.05, 0) is 29.5 Å². The van der Waals surface area contributed by atoms with Crippen molar-refractivity contribution in [3.05, 3.63) is 45.5 Å². The van der Waals surface area contributed by atoms with Gasteiger partial charge in [-0.3, -0.25) is 4.79 Å². The molecule has 0 aliphatic carbocycles. The Balaban J connectivity index is 0.00000364. The molecule has 0 atom stereocenters. The van der Waals surface area contributed by atoms with E-state index in [1.54, 1.807) is 12.1 Å². The Bertz CT molecular complexity index is 711. The molecule has 2 N–H and O–H groups in total. The minimum Gasteiger partial charge on any atom is -0.491 e. The molecule has 0 unspecified atom stereocenters. The summed E-state index contributed by atoms with van der Waals surface area (Å²) in [6.07, 6.45) is 1.96. The largest absolute Gasteiger partial charge is 0.491 e. The van der Waals surface area contributed by atoms with Gasteiger partial charge in [-0.25, -0.2) is 0 Å². The van der Waals surface area contributed by atoms with Gasteiger partial charge in [-0.1, -0.05) is 40.2 Å². The third kappa shape index (κ3) is 5.78. The molecule has 0 radical (unpaired) electrons. The number of unbranched alkanes of at least 4 members (excludes halogenated alkanes) is 1. The van der Waals surface area contributed by atoms with E-state index in [0.717, 1.165) is 36.2 Å². The molecule has 1 aromatic rings. The summed E-state index contributed by atoms with van der Waals surface area (Å²) in [6, 6.07) is 5.22. The number of hydrogen-bond donors (Lipinski definition) is 1. The maximum atomic E-state index is 11.7. The average molecular weight is 396 g/mol. The Labute approximate surface area is 167 Å². The molecule has 0 saturated heterocycles. The highest BCUT2D eigenvalue weighted by Gasteiger charge is 2.29. The van der Waals surface area contributed by atoms with Crippen LogP contribution >= 0.6 is 12.4 Å². The number of halogens is 1. The van der Waals surface area contributed by atoms with E-state index in [2.05, 4.69) is 37.8 Å². The van der Waals surface area contributed by atoms with Gasteiger partial charge in [0, 0.05) is 35.9 Å². The van der Waals surface area contributed by atoms with Gasteiger partial charge in [0.2, 0.25) is 0 Å². The van der Waals surface area contributed by atoms with Crippen LogP contribution in [0.1, 0.15) is 62.0 Å². The summed E-state index contributed by atoms with van der Waals surface area (Å²) in [5, 5.41) is 2.53. The predicted molar refractivity (Wildman–Crippen MR) is 111 cm³/mol. The third-order valence-corrected chi connectivity index (χ3v) is 4.29. The van der Waals surface area contributed by atoms with Crippen molar-refractivity contribution in [1.82, 2.24) is 4.90 Å². The SMILES string of the molecule is CCCCOC1=C(CN)N(CC(C)(C)C)Cc2ccc(C(=O)N=O)cc21.Cl. The summed E-state index contributed by atoms with van der Waals surface area (Å²) in [5.41, 5.74) is 9.28. The molecule has 27 heavy (non-hydrogen) atoms. The number of benzene rings is 1. The fourth-order valence-electron chi connectivity index (χ4n) is 3.14. The topological polar surface area (TPSA) is 85.0 Å². The van der Waals surface area contributed by atoms with Gasteiger partial charge >= 0.3 is 5.91 Å². The van der Waals surface area contributed by atoms with Crippen molar-refractivity contribution in [2.75, 3.05) is 19.7 Å². The van der Waals surface area contributed by atoms with Crippen LogP contribution in [0.15, 0.2) is 29.1 Å². The van der Waals surface area contributed by atoms with E-state index >= 15 is 0 Å². The lowest BCUT2D eigenvalue weighted by Crippen LogP contribution is -2.37. The fraction of sp³-hybridized carbons (Fsp3) is 0.550. The van der Waals surface area contributed by atoms with Crippen LogP contribution in [0, 0.1) is 10.3 Å². The van der Waals surface area contributed by atoms with E-state index in [4.69, 9.17) is 10.5 Å². The molecule has 0 aromatic heterocycles. The molecule has 1 aliphatic heterocycles. The first-order valence-corrected chi connectivity index (χ1v) is 9.12. The predicted octanol–water partition coefficient (Wildman–Crippen LogP) is 4.32. The molecule has 150 valence electrons. The Morgan fingerprint density at radius 1 is 1.33 bits per heavy atom. The zero-order valence-corrected chi connectivity index (χ0v) is 17.4. The van der Waals surface area contributed by atoms with E-state index in [-0.39, 0.29) is 23.4 Å². The number of amides is 1. The number of hydrogen-bond acceptors (Lipinski definition) is 5. The highest BCUT2D eigenvalue weighted by Crippen LogP contribution is 2.35. The monoisotopic (exact) mass is 395 g/mol. The molecule has 0 bridgehead atoms. The lowest BCUT2D eigenvalue weighted by atomic mass is 9.92. The summed E-state index contributed by atoms with van der Waals surface area (Å²) in [6.45, 7) is 11.1. The fourth-order valence-corrected chi connectivity index (χ4v) is 3.14. The van der Waals surface area contributed by atoms with E-state index in [0.29, 0.717) is 25.5 Å². The molecule has 0 fully saturated rings. The maximum absolute atomic E-state index is 11.7. The molecule has 6 nitrogen and oxygen atoms in total. The Morgan fingerprint density at radius 3 is 2.59 bits per heavy atom. The van der Waals surface area contributed by atoms with E-state index in [1.165, 1.54) is 0 Å². The zero-order valence-electron chi connectivity index (χ0n) is 16.6. The average Bonchev–Trinajstić information content (AvgIpc) is 2.59. The quantitative estimate of drug-likeness (QED) is 0.548. The van der Waals surface area contributed by atoms with Crippen LogP contribution in [-0.2, 0) is 11.3 Å². The minimum atomic E-state index is -0.771. The van der Waals surface area contributed by atoms with Crippen LogP contribution in [0.25, 0.3) is 5.76 Å². The van der Waals surface area contributed by atoms with Crippen molar-refractivity contribution in [1.29, 1.82) is 0 Å². The molecule has 1 aliphatic rings. The van der Waals surface area contributed by atoms with Crippen molar-refractivity contribution in [2.45, 2.75) is 47.1 Å². The number of ether oxygens (including phenoxy) is 1. The first-order valence-electron chi connectivity index (χ1n) is 9.12. The van der Waals surface area contributed by atoms with Crippen molar-refractivity contribution >= 4 is 24.1 Å². The molecule has 0 saturated carbocycles. The summed E-state index contributed by atoms with van der Waals surface area (Å²) >= 11 is 0. The molecule has 1 amide bonds. The second-order valence-corrected chi connectivity index (χ2v) is 7.87. The highest BCUT2D eigenvalue weighted by molar-refractivity contribution is 5.95. The van der Waals surface area contributed by atoms with Crippen molar-refractivity contribution in [2.24, 2.45) is 16.3 Å². The second kappa shape index (κ2) is 9.85. The van der Waals surface area contributed by atoms with Crippen LogP contribution in [0.3, 0.4) is 0 Å². The molecule has 0 spiro atoms. The number of nitrogens with zero attached hydrogens (tertiary/aromatic N) is 2. The van der Waals surface area contributed by atoms with Gasteiger partial charge < -0.3 is 15.4 Å². The molecule has 1 aromatic carbocycles.